The minimum atomic E-state index is -1.39. The van der Waals surface area contributed by atoms with Crippen LogP contribution in [-0.4, -0.2) is 47.8 Å². The topological polar surface area (TPSA) is 115 Å². The summed E-state index contributed by atoms with van der Waals surface area (Å²) in [6.07, 6.45) is 0.970. The summed E-state index contributed by atoms with van der Waals surface area (Å²) in [7, 11) is 1.48. The van der Waals surface area contributed by atoms with Gasteiger partial charge >= 0.3 is 0 Å². The van der Waals surface area contributed by atoms with Crippen LogP contribution in [0.25, 0.3) is 11.3 Å². The lowest BCUT2D eigenvalue weighted by Gasteiger charge is -2.25. The first-order valence-electron chi connectivity index (χ1n) is 12.3. The van der Waals surface area contributed by atoms with E-state index in [0.29, 0.717) is 35.0 Å². The van der Waals surface area contributed by atoms with Crippen molar-refractivity contribution in [3.8, 4) is 22.8 Å². The van der Waals surface area contributed by atoms with E-state index in [1.165, 1.54) is 19.2 Å². The molecular formula is C29H35FN2O5. The maximum Gasteiger partial charge on any atom is 0.163 e. The van der Waals surface area contributed by atoms with Gasteiger partial charge in [0.15, 0.2) is 17.3 Å². The van der Waals surface area contributed by atoms with Crippen LogP contribution in [0, 0.1) is 5.82 Å². The Bertz CT molecular complexity index is 1200. The smallest absolute Gasteiger partial charge is 0.163 e. The Morgan fingerprint density at radius 2 is 1.86 bits per heavy atom. The molecular weight excluding hydrogens is 475 g/mol. The molecule has 2 aromatic carbocycles. The van der Waals surface area contributed by atoms with Crippen molar-refractivity contribution in [3.63, 3.8) is 0 Å². The number of rotatable bonds is 13. The van der Waals surface area contributed by atoms with E-state index in [0.717, 1.165) is 17.5 Å². The average molecular weight is 511 g/mol. The molecule has 2 atom stereocenters. The predicted molar refractivity (Wildman–Crippen MR) is 140 cm³/mol. The number of nitrogens with zero attached hydrogens (tertiary/aromatic N) is 1. The van der Waals surface area contributed by atoms with Gasteiger partial charge in [-0.1, -0.05) is 6.92 Å². The first kappa shape index (κ1) is 28.2. The summed E-state index contributed by atoms with van der Waals surface area (Å²) >= 11 is 0. The Morgan fingerprint density at radius 3 is 2.51 bits per heavy atom. The number of Topliss-reactive ketones (excluding diaryl/α,β-unsaturated/α-hetero) is 1. The SMILES string of the molecule is COc1cc(C(=O)CCC(C)(O)c2cc(C(C)CCN)cc(-c3ccc(F)cc3)n2)ccc1OCCO. The second kappa shape index (κ2) is 12.8. The van der Waals surface area contributed by atoms with Crippen LogP contribution in [0.15, 0.2) is 54.6 Å². The highest BCUT2D eigenvalue weighted by atomic mass is 19.1. The van der Waals surface area contributed by atoms with E-state index < -0.39 is 5.60 Å². The Morgan fingerprint density at radius 1 is 1.14 bits per heavy atom. The standard InChI is InChI=1S/C29H35FN2O5/c1-19(11-13-31)22-16-24(20-4-7-23(30)8-5-20)32-28(18-22)29(2,35)12-10-25(34)21-6-9-26(37-15-14-33)27(17-21)36-3/h4-9,16-19,33,35H,10-15,31H2,1-3H3. The Balaban J connectivity index is 1.85. The van der Waals surface area contributed by atoms with Crippen LogP contribution in [0.1, 0.15) is 60.6 Å². The Hall–Kier alpha value is -3.33. The van der Waals surface area contributed by atoms with Crippen LogP contribution in [0.5, 0.6) is 11.5 Å². The molecule has 0 radical (unpaired) electrons. The van der Waals surface area contributed by atoms with Gasteiger partial charge in [-0.2, -0.15) is 0 Å². The number of ether oxygens (including phenoxy) is 2. The molecule has 37 heavy (non-hydrogen) atoms. The van der Waals surface area contributed by atoms with E-state index in [4.69, 9.17) is 25.3 Å². The number of hydrogen-bond donors (Lipinski definition) is 3. The summed E-state index contributed by atoms with van der Waals surface area (Å²) in [5.41, 5.74) is 7.55. The molecule has 0 saturated heterocycles. The third-order valence-electron chi connectivity index (χ3n) is 6.38. The predicted octanol–water partition coefficient (Wildman–Crippen LogP) is 4.59. The Labute approximate surface area is 217 Å². The highest BCUT2D eigenvalue weighted by molar-refractivity contribution is 5.96. The molecule has 0 amide bonds. The van der Waals surface area contributed by atoms with Gasteiger partial charge in [0, 0.05) is 17.5 Å². The van der Waals surface area contributed by atoms with E-state index in [-0.39, 0.29) is 43.6 Å². The number of carbonyl (C=O) groups is 1. The summed E-state index contributed by atoms with van der Waals surface area (Å²) in [6.45, 7) is 4.19. The summed E-state index contributed by atoms with van der Waals surface area (Å²) < 4.78 is 24.2. The van der Waals surface area contributed by atoms with Gasteiger partial charge in [-0.15, -0.1) is 0 Å². The maximum atomic E-state index is 13.5. The summed E-state index contributed by atoms with van der Waals surface area (Å²) in [6, 6.07) is 14.7. The zero-order chi connectivity index (χ0) is 27.0. The normalized spacial score (nSPS) is 13.6. The number of hydrogen-bond acceptors (Lipinski definition) is 7. The highest BCUT2D eigenvalue weighted by Crippen LogP contribution is 2.33. The van der Waals surface area contributed by atoms with E-state index in [1.54, 1.807) is 37.3 Å². The molecule has 0 spiro atoms. The molecule has 2 unspecified atom stereocenters. The van der Waals surface area contributed by atoms with E-state index in [2.05, 4.69) is 6.92 Å². The van der Waals surface area contributed by atoms with Gasteiger partial charge in [0.05, 0.1) is 25.1 Å². The number of nitrogens with two attached hydrogens (primary N) is 1. The van der Waals surface area contributed by atoms with Crippen LogP contribution in [0.3, 0.4) is 0 Å². The monoisotopic (exact) mass is 510 g/mol. The number of halogens is 1. The van der Waals surface area contributed by atoms with Crippen LogP contribution in [-0.2, 0) is 5.60 Å². The van der Waals surface area contributed by atoms with E-state index in [1.807, 2.05) is 12.1 Å². The molecule has 4 N–H and O–H groups in total. The van der Waals surface area contributed by atoms with Crippen LogP contribution in [0.4, 0.5) is 4.39 Å². The second-order valence-electron chi connectivity index (χ2n) is 9.29. The summed E-state index contributed by atoms with van der Waals surface area (Å²) in [5, 5.41) is 20.4. The van der Waals surface area contributed by atoms with Crippen molar-refractivity contribution >= 4 is 5.78 Å². The quantitative estimate of drug-likeness (QED) is 0.288. The number of benzene rings is 2. The van der Waals surface area contributed by atoms with Crippen molar-refractivity contribution in [1.29, 1.82) is 0 Å². The van der Waals surface area contributed by atoms with Crippen molar-refractivity contribution < 1.29 is 28.9 Å². The minimum Gasteiger partial charge on any atom is -0.493 e. The van der Waals surface area contributed by atoms with E-state index in [9.17, 15) is 14.3 Å². The van der Waals surface area contributed by atoms with Crippen LogP contribution >= 0.6 is 0 Å². The number of aromatic nitrogens is 1. The number of carbonyl (C=O) groups excluding carboxylic acids is 1. The molecule has 0 aliphatic carbocycles. The van der Waals surface area contributed by atoms with Gasteiger partial charge in [-0.25, -0.2) is 9.37 Å². The molecule has 7 nitrogen and oxygen atoms in total. The molecule has 3 aromatic rings. The fourth-order valence-electron chi connectivity index (χ4n) is 4.04. The number of aliphatic hydroxyl groups excluding tert-OH is 1. The number of pyridine rings is 1. The first-order chi connectivity index (χ1) is 17.7. The van der Waals surface area contributed by atoms with Crippen molar-refractivity contribution in [2.45, 2.75) is 44.6 Å². The molecule has 8 heteroatoms. The lowest BCUT2D eigenvalue weighted by atomic mass is 9.89. The van der Waals surface area contributed by atoms with Crippen molar-refractivity contribution in [3.05, 3.63) is 77.2 Å². The molecule has 0 fully saturated rings. The second-order valence-corrected chi connectivity index (χ2v) is 9.29. The van der Waals surface area contributed by atoms with Crippen LogP contribution < -0.4 is 15.2 Å². The third kappa shape index (κ3) is 7.35. The fourth-order valence-corrected chi connectivity index (χ4v) is 4.04. The molecule has 3 rings (SSSR count). The molecule has 1 heterocycles. The molecule has 0 saturated carbocycles. The molecule has 0 bridgehead atoms. The van der Waals surface area contributed by atoms with Crippen molar-refractivity contribution in [2.24, 2.45) is 5.73 Å². The number of aliphatic hydroxyl groups is 2. The van der Waals surface area contributed by atoms with Crippen molar-refractivity contribution in [1.82, 2.24) is 4.98 Å². The van der Waals surface area contributed by atoms with Crippen molar-refractivity contribution in [2.75, 3.05) is 26.9 Å². The molecule has 198 valence electrons. The lowest BCUT2D eigenvalue weighted by Crippen LogP contribution is -2.25. The molecule has 1 aromatic heterocycles. The number of methoxy groups -OCH3 is 1. The fraction of sp³-hybridized carbons (Fsp3) is 0.379. The third-order valence-corrected chi connectivity index (χ3v) is 6.38. The number of ketones is 1. The van der Waals surface area contributed by atoms with Gasteiger partial charge in [0.25, 0.3) is 0 Å². The van der Waals surface area contributed by atoms with Gasteiger partial charge in [-0.05, 0) is 92.4 Å². The van der Waals surface area contributed by atoms with E-state index >= 15 is 0 Å². The van der Waals surface area contributed by atoms with Gasteiger partial charge < -0.3 is 25.4 Å². The zero-order valence-electron chi connectivity index (χ0n) is 21.5. The summed E-state index contributed by atoms with van der Waals surface area (Å²) in [4.78, 5) is 17.7. The maximum absolute atomic E-state index is 13.5. The molecule has 0 aliphatic heterocycles. The summed E-state index contributed by atoms with van der Waals surface area (Å²) in [5.74, 6) is 0.437. The van der Waals surface area contributed by atoms with Gasteiger partial charge in [0.1, 0.15) is 18.0 Å². The Kier molecular flexibility index (Phi) is 9.74. The largest absolute Gasteiger partial charge is 0.493 e. The average Bonchev–Trinajstić information content (AvgIpc) is 2.90. The van der Waals surface area contributed by atoms with Gasteiger partial charge in [0.2, 0.25) is 0 Å². The van der Waals surface area contributed by atoms with Crippen LogP contribution in [0.2, 0.25) is 0 Å². The minimum absolute atomic E-state index is 0.0726. The first-order valence-corrected chi connectivity index (χ1v) is 12.3. The van der Waals surface area contributed by atoms with Gasteiger partial charge in [-0.3, -0.25) is 4.79 Å². The lowest BCUT2D eigenvalue weighted by molar-refractivity contribution is 0.0397. The molecule has 0 aliphatic rings. The zero-order valence-corrected chi connectivity index (χ0v) is 21.5. The highest BCUT2D eigenvalue weighted by Gasteiger charge is 2.28.